The third kappa shape index (κ3) is 2.48. The molecule has 0 unspecified atom stereocenters. The first-order valence-corrected chi connectivity index (χ1v) is 5.89. The molecule has 0 bridgehead atoms. The lowest BCUT2D eigenvalue weighted by Crippen LogP contribution is -2.60. The summed E-state index contributed by atoms with van der Waals surface area (Å²) in [5.41, 5.74) is -0.537. The molecule has 1 aromatic rings. The van der Waals surface area contributed by atoms with Gasteiger partial charge in [0.1, 0.15) is 6.04 Å². The molecule has 2 rings (SSSR count). The minimum atomic E-state index is -4.47. The van der Waals surface area contributed by atoms with E-state index in [-0.39, 0.29) is 12.1 Å². The number of rotatable bonds is 2. The van der Waals surface area contributed by atoms with Crippen molar-refractivity contribution in [3.8, 4) is 0 Å². The van der Waals surface area contributed by atoms with E-state index < -0.39 is 35.6 Å². The molecule has 2 atom stereocenters. The zero-order valence-corrected chi connectivity index (χ0v) is 10.5. The van der Waals surface area contributed by atoms with E-state index in [1.807, 2.05) is 0 Å². The Kier molecular flexibility index (Phi) is 3.45. The molecule has 0 spiro atoms. The molecule has 0 aromatic heterocycles. The van der Waals surface area contributed by atoms with Crippen LogP contribution in [0.2, 0.25) is 0 Å². The van der Waals surface area contributed by atoms with Crippen molar-refractivity contribution in [2.24, 2.45) is 0 Å². The highest BCUT2D eigenvalue weighted by atomic mass is 19.4. The summed E-state index contributed by atoms with van der Waals surface area (Å²) < 4.78 is 37.9. The van der Waals surface area contributed by atoms with Crippen molar-refractivity contribution < 1.29 is 27.9 Å². The van der Waals surface area contributed by atoms with Crippen molar-refractivity contribution in [2.75, 3.05) is 6.54 Å². The molecule has 1 heterocycles. The number of aliphatic carboxylic acids is 1. The molecular weight excluding hydrogens is 275 g/mol. The van der Waals surface area contributed by atoms with Gasteiger partial charge in [-0.1, -0.05) is 18.2 Å². The van der Waals surface area contributed by atoms with Crippen LogP contribution in [0.4, 0.5) is 13.2 Å². The Balaban J connectivity index is 2.29. The first kappa shape index (κ1) is 14.4. The molecule has 1 aliphatic heterocycles. The number of carboxylic acids is 1. The monoisotopic (exact) mass is 287 g/mol. The lowest BCUT2D eigenvalue weighted by molar-refractivity contribution is -0.158. The number of benzene rings is 1. The normalized spacial score (nSPS) is 22.3. The summed E-state index contributed by atoms with van der Waals surface area (Å²) in [5, 5.41) is 9.10. The predicted octanol–water partition coefficient (Wildman–Crippen LogP) is 2.10. The van der Waals surface area contributed by atoms with Crippen LogP contribution in [0.15, 0.2) is 24.3 Å². The number of alkyl halides is 3. The standard InChI is InChI=1S/C13H12F3NO3/c1-7(18)17-6-10(11(17)12(19)20)8-3-2-4-9(5-8)13(14,15)16/h2-5,10-11H,6H2,1H3,(H,19,20)/t10-,11+/m1/s1. The predicted molar refractivity (Wildman–Crippen MR) is 63.0 cm³/mol. The van der Waals surface area contributed by atoms with Crippen LogP contribution in [0.1, 0.15) is 24.0 Å². The van der Waals surface area contributed by atoms with E-state index in [0.717, 1.165) is 17.0 Å². The Hall–Kier alpha value is -2.05. The minimum absolute atomic E-state index is 0.119. The van der Waals surface area contributed by atoms with E-state index in [4.69, 9.17) is 5.11 Å². The second kappa shape index (κ2) is 4.81. The van der Waals surface area contributed by atoms with E-state index in [2.05, 4.69) is 0 Å². The van der Waals surface area contributed by atoms with Gasteiger partial charge in [0.2, 0.25) is 5.91 Å². The maximum atomic E-state index is 12.6. The van der Waals surface area contributed by atoms with Crippen LogP contribution < -0.4 is 0 Å². The Morgan fingerprint density at radius 1 is 1.35 bits per heavy atom. The number of likely N-dealkylation sites (tertiary alicyclic amines) is 1. The second-order valence-electron chi connectivity index (χ2n) is 4.68. The van der Waals surface area contributed by atoms with Crippen molar-refractivity contribution >= 4 is 11.9 Å². The summed E-state index contributed by atoms with van der Waals surface area (Å²) in [6.45, 7) is 1.35. The molecular formula is C13H12F3NO3. The first-order chi connectivity index (χ1) is 9.21. The number of carbonyl (C=O) groups is 2. The minimum Gasteiger partial charge on any atom is -0.480 e. The van der Waals surface area contributed by atoms with Crippen LogP contribution in [0, 0.1) is 0 Å². The Morgan fingerprint density at radius 2 is 2.00 bits per heavy atom. The molecule has 1 aromatic carbocycles. The smallest absolute Gasteiger partial charge is 0.416 e. The lowest BCUT2D eigenvalue weighted by Gasteiger charge is -2.45. The number of nitrogens with zero attached hydrogens (tertiary/aromatic N) is 1. The van der Waals surface area contributed by atoms with E-state index in [9.17, 15) is 22.8 Å². The molecule has 0 aliphatic carbocycles. The van der Waals surface area contributed by atoms with Gasteiger partial charge in [-0.25, -0.2) is 4.79 Å². The average molecular weight is 287 g/mol. The van der Waals surface area contributed by atoms with Crippen LogP contribution in [0.25, 0.3) is 0 Å². The van der Waals surface area contributed by atoms with Crippen LogP contribution in [-0.2, 0) is 15.8 Å². The highest BCUT2D eigenvalue weighted by Crippen LogP contribution is 2.37. The summed E-state index contributed by atoms with van der Waals surface area (Å²) in [4.78, 5) is 23.5. The molecule has 1 amide bonds. The Morgan fingerprint density at radius 3 is 2.50 bits per heavy atom. The van der Waals surface area contributed by atoms with Gasteiger partial charge >= 0.3 is 12.1 Å². The second-order valence-corrected chi connectivity index (χ2v) is 4.68. The number of halogens is 3. The van der Waals surface area contributed by atoms with Crippen LogP contribution >= 0.6 is 0 Å². The SMILES string of the molecule is CC(=O)N1C[C@H](c2cccc(C(F)(F)F)c2)[C@H]1C(=O)O. The van der Waals surface area contributed by atoms with Gasteiger partial charge in [0.15, 0.2) is 0 Å². The van der Waals surface area contributed by atoms with Crippen LogP contribution in [0.3, 0.4) is 0 Å². The highest BCUT2D eigenvalue weighted by Gasteiger charge is 2.46. The molecule has 1 fully saturated rings. The van der Waals surface area contributed by atoms with E-state index >= 15 is 0 Å². The fourth-order valence-corrected chi connectivity index (χ4v) is 2.37. The number of carboxylic acid groups (broad SMARTS) is 1. The molecule has 108 valence electrons. The molecule has 1 saturated heterocycles. The number of hydrogen-bond acceptors (Lipinski definition) is 2. The van der Waals surface area contributed by atoms with E-state index in [1.54, 1.807) is 0 Å². The van der Waals surface area contributed by atoms with Gasteiger partial charge in [-0.2, -0.15) is 13.2 Å². The van der Waals surface area contributed by atoms with E-state index in [0.29, 0.717) is 0 Å². The number of carbonyl (C=O) groups excluding carboxylic acids is 1. The molecule has 0 radical (unpaired) electrons. The van der Waals surface area contributed by atoms with Crippen LogP contribution in [0.5, 0.6) is 0 Å². The first-order valence-electron chi connectivity index (χ1n) is 5.89. The van der Waals surface area contributed by atoms with Gasteiger partial charge in [-0.05, 0) is 11.6 Å². The highest BCUT2D eigenvalue weighted by molar-refractivity contribution is 5.85. The summed E-state index contributed by atoms with van der Waals surface area (Å²) >= 11 is 0. The summed E-state index contributed by atoms with van der Waals surface area (Å²) in [6, 6.07) is 3.47. The zero-order chi connectivity index (χ0) is 15.1. The average Bonchev–Trinajstić information content (AvgIpc) is 2.25. The van der Waals surface area contributed by atoms with Crippen LogP contribution in [-0.4, -0.2) is 34.5 Å². The van der Waals surface area contributed by atoms with Crippen molar-refractivity contribution in [3.63, 3.8) is 0 Å². The summed E-state index contributed by atoms with van der Waals surface area (Å²) in [6.07, 6.45) is -4.47. The zero-order valence-electron chi connectivity index (χ0n) is 10.5. The van der Waals surface area contributed by atoms with Gasteiger partial charge in [-0.3, -0.25) is 4.79 Å². The van der Waals surface area contributed by atoms with Crippen molar-refractivity contribution in [3.05, 3.63) is 35.4 Å². The third-order valence-electron chi connectivity index (χ3n) is 3.41. The lowest BCUT2D eigenvalue weighted by atomic mass is 9.82. The van der Waals surface area contributed by atoms with Gasteiger partial charge in [0.05, 0.1) is 5.56 Å². The number of hydrogen-bond donors (Lipinski definition) is 1. The third-order valence-corrected chi connectivity index (χ3v) is 3.41. The summed E-state index contributed by atoms with van der Waals surface area (Å²) in [7, 11) is 0. The van der Waals surface area contributed by atoms with Gasteiger partial charge < -0.3 is 10.0 Å². The van der Waals surface area contributed by atoms with Crippen molar-refractivity contribution in [1.82, 2.24) is 4.90 Å². The quantitative estimate of drug-likeness (QED) is 0.906. The molecule has 1 aliphatic rings. The fourth-order valence-electron chi connectivity index (χ4n) is 2.37. The van der Waals surface area contributed by atoms with Crippen molar-refractivity contribution in [1.29, 1.82) is 0 Å². The molecule has 20 heavy (non-hydrogen) atoms. The van der Waals surface area contributed by atoms with Gasteiger partial charge in [-0.15, -0.1) is 0 Å². The molecule has 4 nitrogen and oxygen atoms in total. The Bertz CT molecular complexity index is 556. The molecule has 7 heteroatoms. The maximum absolute atomic E-state index is 12.6. The van der Waals surface area contributed by atoms with Gasteiger partial charge in [0.25, 0.3) is 0 Å². The van der Waals surface area contributed by atoms with E-state index in [1.165, 1.54) is 19.1 Å². The maximum Gasteiger partial charge on any atom is 0.416 e. The summed E-state index contributed by atoms with van der Waals surface area (Å²) in [5.74, 6) is -2.23. The molecule has 0 saturated carbocycles. The van der Waals surface area contributed by atoms with Gasteiger partial charge in [0, 0.05) is 19.4 Å². The Labute approximate surface area is 112 Å². The fraction of sp³-hybridized carbons (Fsp3) is 0.385. The largest absolute Gasteiger partial charge is 0.480 e. The molecule has 1 N–H and O–H groups in total. The number of amides is 1. The van der Waals surface area contributed by atoms with Crippen molar-refractivity contribution in [2.45, 2.75) is 25.1 Å². The topological polar surface area (TPSA) is 57.6 Å².